The van der Waals surface area contributed by atoms with Crippen molar-refractivity contribution in [3.63, 3.8) is 0 Å². The highest BCUT2D eigenvalue weighted by Crippen LogP contribution is 2.16. The molecule has 12 heteroatoms. The Hall–Kier alpha value is -4.52. The van der Waals surface area contributed by atoms with Gasteiger partial charge in [0.05, 0.1) is 24.3 Å². The summed E-state index contributed by atoms with van der Waals surface area (Å²) in [5.41, 5.74) is 0.560. The Bertz CT molecular complexity index is 1460. The molecule has 1 heterocycles. The molecule has 1 aromatic heterocycles. The van der Waals surface area contributed by atoms with Crippen LogP contribution in [0, 0.1) is 0 Å². The number of aliphatic hydroxyl groups is 2. The van der Waals surface area contributed by atoms with Crippen LogP contribution in [0.3, 0.4) is 0 Å². The molecule has 0 spiro atoms. The molecule has 4 atom stereocenters. The molecule has 0 aliphatic rings. The number of ketones is 1. The van der Waals surface area contributed by atoms with Gasteiger partial charge < -0.3 is 40.4 Å². The number of aliphatic hydroxyl groups excluding tert-OH is 2. The molecule has 12 nitrogen and oxygen atoms in total. The van der Waals surface area contributed by atoms with E-state index in [9.17, 15) is 24.6 Å². The fourth-order valence-corrected chi connectivity index (χ4v) is 4.74. The van der Waals surface area contributed by atoms with Gasteiger partial charge in [-0.1, -0.05) is 48.5 Å². The number of Topliss-reactive ketones (excluding diaryl/α,β-unsaturated/α-hetero) is 1. The van der Waals surface area contributed by atoms with Crippen molar-refractivity contribution >= 4 is 18.0 Å². The Morgan fingerprint density at radius 1 is 0.694 bits per heavy atom. The molecule has 0 bridgehead atoms. The lowest BCUT2D eigenvalue weighted by atomic mass is 10.00. The van der Waals surface area contributed by atoms with Crippen molar-refractivity contribution in [1.29, 1.82) is 0 Å². The number of rotatable bonds is 16. The summed E-state index contributed by atoms with van der Waals surface area (Å²) >= 11 is 0. The Morgan fingerprint density at radius 3 is 1.65 bits per heavy atom. The van der Waals surface area contributed by atoms with E-state index in [4.69, 9.17) is 14.2 Å². The molecule has 2 amide bonds. The molecule has 0 radical (unpaired) electrons. The third-order valence-electron chi connectivity index (χ3n) is 7.04. The summed E-state index contributed by atoms with van der Waals surface area (Å²) in [6.45, 7) is 10.4. The summed E-state index contributed by atoms with van der Waals surface area (Å²) in [5, 5.41) is 30.9. The van der Waals surface area contributed by atoms with Gasteiger partial charge in [-0.05, 0) is 89.8 Å². The summed E-state index contributed by atoms with van der Waals surface area (Å²) < 4.78 is 16.5. The largest absolute Gasteiger partial charge is 0.485 e. The van der Waals surface area contributed by atoms with Crippen molar-refractivity contribution < 1.29 is 38.8 Å². The van der Waals surface area contributed by atoms with Crippen LogP contribution in [0.15, 0.2) is 79.0 Å². The number of nitrogens with one attached hydrogen (secondary N) is 3. The molecular weight excluding hydrogens is 628 g/mol. The Labute approximate surface area is 288 Å². The molecule has 0 unspecified atom stereocenters. The Balaban J connectivity index is 1.63. The van der Waals surface area contributed by atoms with Crippen LogP contribution in [-0.4, -0.2) is 88.4 Å². The summed E-state index contributed by atoms with van der Waals surface area (Å²) in [4.78, 5) is 41.7. The first-order chi connectivity index (χ1) is 23.1. The zero-order valence-corrected chi connectivity index (χ0v) is 29.1. The molecule has 3 rings (SSSR count). The number of hydrogen-bond acceptors (Lipinski definition) is 10. The molecule has 0 aliphatic heterocycles. The van der Waals surface area contributed by atoms with E-state index in [0.29, 0.717) is 17.9 Å². The van der Waals surface area contributed by atoms with Gasteiger partial charge in [-0.15, -0.1) is 0 Å². The number of hydrogen-bond donors (Lipinski definition) is 5. The summed E-state index contributed by atoms with van der Waals surface area (Å²) in [7, 11) is 0. The smallest absolute Gasteiger partial charge is 0.407 e. The lowest BCUT2D eigenvalue weighted by Crippen LogP contribution is -2.53. The van der Waals surface area contributed by atoms with Gasteiger partial charge >= 0.3 is 12.2 Å². The summed E-state index contributed by atoms with van der Waals surface area (Å²) in [6.07, 6.45) is -1.31. The van der Waals surface area contributed by atoms with Crippen molar-refractivity contribution in [2.45, 2.75) is 89.9 Å². The number of carbonyl (C=O) groups excluding carboxylic acids is 3. The molecule has 49 heavy (non-hydrogen) atoms. The first-order valence-electron chi connectivity index (χ1n) is 16.3. The van der Waals surface area contributed by atoms with E-state index in [-0.39, 0.29) is 31.9 Å². The lowest BCUT2D eigenvalue weighted by molar-refractivity contribution is 0.0399. The minimum absolute atomic E-state index is 0.0127. The van der Waals surface area contributed by atoms with Crippen LogP contribution in [0.5, 0.6) is 5.75 Å². The lowest BCUT2D eigenvalue weighted by Gasteiger charge is -2.29. The zero-order chi connectivity index (χ0) is 36.0. The number of alkyl carbamates (subject to hydrolysis) is 2. The molecule has 3 aromatic rings. The first-order valence-corrected chi connectivity index (χ1v) is 16.3. The van der Waals surface area contributed by atoms with E-state index in [0.717, 1.165) is 11.1 Å². The third kappa shape index (κ3) is 15.1. The third-order valence-corrected chi connectivity index (χ3v) is 7.04. The van der Waals surface area contributed by atoms with E-state index in [1.54, 1.807) is 90.2 Å². The van der Waals surface area contributed by atoms with Gasteiger partial charge in [0.15, 0.2) is 6.61 Å². The maximum absolute atomic E-state index is 12.7. The number of benzene rings is 2. The van der Waals surface area contributed by atoms with Crippen molar-refractivity contribution in [3.8, 4) is 5.75 Å². The van der Waals surface area contributed by atoms with Gasteiger partial charge in [0.1, 0.15) is 22.6 Å². The number of amides is 2. The predicted octanol–water partition coefficient (Wildman–Crippen LogP) is 4.23. The van der Waals surface area contributed by atoms with E-state index >= 15 is 0 Å². The first kappa shape index (κ1) is 38.9. The molecule has 0 fully saturated rings. The Morgan fingerprint density at radius 2 is 1.18 bits per heavy atom. The highest BCUT2D eigenvalue weighted by molar-refractivity contribution is 5.95. The van der Waals surface area contributed by atoms with Crippen LogP contribution < -0.4 is 20.7 Å². The number of carbonyl (C=O) groups is 3. The van der Waals surface area contributed by atoms with Gasteiger partial charge in [-0.25, -0.2) is 9.59 Å². The molecule has 5 N–H and O–H groups in total. The highest BCUT2D eigenvalue weighted by atomic mass is 16.6. The molecular formula is C37H50N4O8. The number of nitrogens with zero attached hydrogens (tertiary/aromatic N) is 1. The average Bonchev–Trinajstić information content (AvgIpc) is 3.02. The van der Waals surface area contributed by atoms with Crippen LogP contribution in [-0.2, 0) is 22.3 Å². The number of aromatic nitrogens is 1. The fraction of sp³-hybridized carbons (Fsp3) is 0.459. The molecule has 0 aliphatic carbocycles. The zero-order valence-electron chi connectivity index (χ0n) is 29.1. The van der Waals surface area contributed by atoms with Crippen LogP contribution in [0.1, 0.15) is 63.2 Å². The average molecular weight is 679 g/mol. The quantitative estimate of drug-likeness (QED) is 0.138. The molecule has 2 aromatic carbocycles. The predicted molar refractivity (Wildman–Crippen MR) is 186 cm³/mol. The fourth-order valence-electron chi connectivity index (χ4n) is 4.74. The minimum atomic E-state index is -1.09. The molecule has 0 saturated carbocycles. The minimum Gasteiger partial charge on any atom is -0.485 e. The standard InChI is InChI=1S/C37H50N4O8/c1-36(2,3)48-34(45)40-29(20-25-12-8-7-9-13-25)31(42)22-38-23-32(43)30(41-35(46)49-37(4,5)6)21-26-15-17-27(18-16-26)47-24-33(44)28-14-10-11-19-39-28/h7-19,29-32,38,42-43H,20-24H2,1-6H3,(H,40,45)(H,41,46)/t29-,30-,31+,32+/m0/s1. The highest BCUT2D eigenvalue weighted by Gasteiger charge is 2.28. The summed E-state index contributed by atoms with van der Waals surface area (Å²) in [6, 6.07) is 20.1. The van der Waals surface area contributed by atoms with E-state index in [1.807, 2.05) is 30.3 Å². The number of ether oxygens (including phenoxy) is 3. The maximum Gasteiger partial charge on any atom is 0.407 e. The van der Waals surface area contributed by atoms with Gasteiger partial charge in [0, 0.05) is 19.3 Å². The van der Waals surface area contributed by atoms with Crippen LogP contribution in [0.4, 0.5) is 9.59 Å². The van der Waals surface area contributed by atoms with Crippen LogP contribution in [0.25, 0.3) is 0 Å². The van der Waals surface area contributed by atoms with Gasteiger partial charge in [0.25, 0.3) is 0 Å². The van der Waals surface area contributed by atoms with Crippen molar-refractivity contribution in [2.75, 3.05) is 19.7 Å². The second-order valence-electron chi connectivity index (χ2n) is 13.8. The SMILES string of the molecule is CC(C)(C)OC(=O)N[C@@H](Cc1ccccc1)[C@H](O)CNC[C@@H](O)[C@H](Cc1ccc(OCC(=O)c2ccccn2)cc1)NC(=O)OC(C)(C)C. The van der Waals surface area contributed by atoms with Gasteiger partial charge in [-0.2, -0.15) is 0 Å². The van der Waals surface area contributed by atoms with Crippen molar-refractivity contribution in [3.05, 3.63) is 95.8 Å². The topological polar surface area (TPSA) is 168 Å². The second-order valence-corrected chi connectivity index (χ2v) is 13.8. The maximum atomic E-state index is 12.7. The van der Waals surface area contributed by atoms with Gasteiger partial charge in [-0.3, -0.25) is 9.78 Å². The van der Waals surface area contributed by atoms with Crippen LogP contribution >= 0.6 is 0 Å². The van der Waals surface area contributed by atoms with E-state index < -0.39 is 47.7 Å². The van der Waals surface area contributed by atoms with Crippen LogP contribution in [0.2, 0.25) is 0 Å². The van der Waals surface area contributed by atoms with E-state index in [2.05, 4.69) is 20.9 Å². The molecule has 266 valence electrons. The Kier molecular flexibility index (Phi) is 14.5. The molecule has 0 saturated heterocycles. The van der Waals surface area contributed by atoms with Gasteiger partial charge in [0.2, 0.25) is 5.78 Å². The number of pyridine rings is 1. The van der Waals surface area contributed by atoms with Crippen molar-refractivity contribution in [1.82, 2.24) is 20.9 Å². The van der Waals surface area contributed by atoms with Crippen molar-refractivity contribution in [2.24, 2.45) is 0 Å². The normalized spacial score (nSPS) is 14.1. The monoisotopic (exact) mass is 678 g/mol. The second kappa shape index (κ2) is 18.3. The summed E-state index contributed by atoms with van der Waals surface area (Å²) in [5.74, 6) is 0.227. The van der Waals surface area contributed by atoms with E-state index in [1.165, 1.54) is 0 Å².